The first-order valence-electron chi connectivity index (χ1n) is 8.72. The van der Waals surface area contributed by atoms with Gasteiger partial charge in [0, 0.05) is 5.56 Å². The number of benzene rings is 1. The van der Waals surface area contributed by atoms with Crippen LogP contribution in [0.5, 0.6) is 5.75 Å². The Hall–Kier alpha value is -1.85. The summed E-state index contributed by atoms with van der Waals surface area (Å²) in [4.78, 5) is 11.5. The van der Waals surface area contributed by atoms with Gasteiger partial charge in [-0.25, -0.2) is 4.79 Å². The van der Waals surface area contributed by atoms with E-state index in [-0.39, 0.29) is 5.56 Å². The maximum Gasteiger partial charge on any atom is 0.407 e. The Morgan fingerprint density at radius 1 is 1.20 bits per heavy atom. The van der Waals surface area contributed by atoms with Gasteiger partial charge in [-0.3, -0.25) is 0 Å². The van der Waals surface area contributed by atoms with Crippen LogP contribution < -0.4 is 10.1 Å². The van der Waals surface area contributed by atoms with Crippen molar-refractivity contribution in [1.29, 1.82) is 0 Å². The van der Waals surface area contributed by atoms with Crippen molar-refractivity contribution in [3.63, 3.8) is 0 Å². The SMILES string of the molecule is CC.CCCCOc1cccc(C(F)(F)CNC(=O)OC(C)(C)C)c1. The maximum absolute atomic E-state index is 14.2. The van der Waals surface area contributed by atoms with Crippen molar-refractivity contribution >= 4 is 6.09 Å². The summed E-state index contributed by atoms with van der Waals surface area (Å²) in [5.74, 6) is -2.81. The number of carbonyl (C=O) groups excluding carboxylic acids is 1. The summed E-state index contributed by atoms with van der Waals surface area (Å²) in [6.45, 7) is 10.7. The fraction of sp³-hybridized carbons (Fsp3) is 0.632. The third-order valence-electron chi connectivity index (χ3n) is 2.88. The Morgan fingerprint density at radius 2 is 1.84 bits per heavy atom. The van der Waals surface area contributed by atoms with Crippen LogP contribution in [0.4, 0.5) is 13.6 Å². The highest BCUT2D eigenvalue weighted by molar-refractivity contribution is 5.67. The van der Waals surface area contributed by atoms with Crippen LogP contribution in [0.25, 0.3) is 0 Å². The van der Waals surface area contributed by atoms with E-state index in [9.17, 15) is 13.6 Å². The van der Waals surface area contributed by atoms with Gasteiger partial charge in [-0.1, -0.05) is 39.3 Å². The summed E-state index contributed by atoms with van der Waals surface area (Å²) in [5.41, 5.74) is -0.936. The molecule has 0 spiro atoms. The molecule has 4 nitrogen and oxygen atoms in total. The predicted molar refractivity (Wildman–Crippen MR) is 96.3 cm³/mol. The molecule has 0 radical (unpaired) electrons. The van der Waals surface area contributed by atoms with E-state index in [1.165, 1.54) is 18.2 Å². The van der Waals surface area contributed by atoms with Gasteiger partial charge in [0.05, 0.1) is 13.2 Å². The number of hydrogen-bond donors (Lipinski definition) is 1. The van der Waals surface area contributed by atoms with Crippen molar-refractivity contribution in [2.75, 3.05) is 13.2 Å². The van der Waals surface area contributed by atoms with Crippen LogP contribution in [0.3, 0.4) is 0 Å². The Labute approximate surface area is 149 Å². The quantitative estimate of drug-likeness (QED) is 0.653. The van der Waals surface area contributed by atoms with Gasteiger partial charge in [0.1, 0.15) is 11.4 Å². The molecule has 1 rings (SSSR count). The van der Waals surface area contributed by atoms with Gasteiger partial charge in [-0.15, -0.1) is 0 Å². The number of halogens is 2. The van der Waals surface area contributed by atoms with Crippen molar-refractivity contribution in [2.24, 2.45) is 0 Å². The molecule has 6 heteroatoms. The van der Waals surface area contributed by atoms with E-state index in [1.807, 2.05) is 20.8 Å². The zero-order chi connectivity index (χ0) is 19.5. The first-order chi connectivity index (χ1) is 11.6. The largest absolute Gasteiger partial charge is 0.494 e. The average molecular weight is 359 g/mol. The molecule has 0 aliphatic carbocycles. The molecule has 1 aromatic rings. The van der Waals surface area contributed by atoms with Crippen LogP contribution in [0.2, 0.25) is 0 Å². The minimum Gasteiger partial charge on any atom is -0.494 e. The van der Waals surface area contributed by atoms with E-state index < -0.39 is 24.2 Å². The third-order valence-corrected chi connectivity index (χ3v) is 2.88. The van der Waals surface area contributed by atoms with Crippen LogP contribution in [0, 0.1) is 0 Å². The van der Waals surface area contributed by atoms with Crippen molar-refractivity contribution < 1.29 is 23.0 Å². The molecule has 1 amide bonds. The molecule has 144 valence electrons. The van der Waals surface area contributed by atoms with E-state index in [1.54, 1.807) is 26.8 Å². The van der Waals surface area contributed by atoms with Gasteiger partial charge in [0.15, 0.2) is 0 Å². The van der Waals surface area contributed by atoms with Gasteiger partial charge in [0.2, 0.25) is 0 Å². The topological polar surface area (TPSA) is 47.6 Å². The minimum absolute atomic E-state index is 0.206. The standard InChI is InChI=1S/C17H25F2NO3.C2H6/c1-5-6-10-22-14-9-7-8-13(11-14)17(18,19)12-20-15(21)23-16(2,3)4;1-2/h7-9,11H,5-6,10,12H2,1-4H3,(H,20,21);1-2H3. The molecule has 0 aliphatic heterocycles. The van der Waals surface area contributed by atoms with Gasteiger partial charge in [-0.2, -0.15) is 8.78 Å². The van der Waals surface area contributed by atoms with Crippen molar-refractivity contribution in [3.8, 4) is 5.75 Å². The Kier molecular flexibility index (Phi) is 10.1. The fourth-order valence-electron chi connectivity index (χ4n) is 1.75. The van der Waals surface area contributed by atoms with Crippen molar-refractivity contribution in [2.45, 2.75) is 65.9 Å². The van der Waals surface area contributed by atoms with E-state index in [0.29, 0.717) is 12.4 Å². The zero-order valence-electron chi connectivity index (χ0n) is 16.1. The van der Waals surface area contributed by atoms with Crippen LogP contribution >= 0.6 is 0 Å². The number of carbonyl (C=O) groups is 1. The molecule has 25 heavy (non-hydrogen) atoms. The second kappa shape index (κ2) is 10.9. The lowest BCUT2D eigenvalue weighted by atomic mass is 10.1. The molecule has 0 unspecified atom stereocenters. The van der Waals surface area contributed by atoms with Crippen LogP contribution in [-0.2, 0) is 10.7 Å². The Balaban J connectivity index is 0.00000277. The summed E-state index contributed by atoms with van der Waals surface area (Å²) < 4.78 is 38.8. The molecule has 0 aliphatic rings. The molecule has 0 saturated carbocycles. The monoisotopic (exact) mass is 359 g/mol. The first kappa shape index (κ1) is 23.1. The van der Waals surface area contributed by atoms with Crippen LogP contribution in [0.15, 0.2) is 24.3 Å². The molecule has 0 heterocycles. The normalized spacial score (nSPS) is 11.2. The molecule has 1 N–H and O–H groups in total. The number of unbranched alkanes of at least 4 members (excludes halogenated alkanes) is 1. The molecule has 0 atom stereocenters. The Bertz CT molecular complexity index is 514. The highest BCUT2D eigenvalue weighted by Gasteiger charge is 2.33. The number of amides is 1. The summed E-state index contributed by atoms with van der Waals surface area (Å²) in [7, 11) is 0. The van der Waals surface area contributed by atoms with E-state index >= 15 is 0 Å². The number of ether oxygens (including phenoxy) is 2. The lowest BCUT2D eigenvalue weighted by molar-refractivity contribution is -0.00930. The second-order valence-electron chi connectivity index (χ2n) is 6.29. The van der Waals surface area contributed by atoms with Crippen LogP contribution in [0.1, 0.15) is 59.9 Å². The summed E-state index contributed by atoms with van der Waals surface area (Å²) >= 11 is 0. The lowest BCUT2D eigenvalue weighted by Gasteiger charge is -2.22. The van der Waals surface area contributed by atoms with E-state index in [4.69, 9.17) is 9.47 Å². The number of hydrogen-bond acceptors (Lipinski definition) is 3. The van der Waals surface area contributed by atoms with Gasteiger partial charge in [-0.05, 0) is 39.3 Å². The molecule has 0 saturated heterocycles. The Morgan fingerprint density at radius 3 is 2.40 bits per heavy atom. The second-order valence-corrected chi connectivity index (χ2v) is 6.29. The summed E-state index contributed by atoms with van der Waals surface area (Å²) in [5, 5.41) is 2.10. The van der Waals surface area contributed by atoms with E-state index in [0.717, 1.165) is 12.8 Å². The zero-order valence-corrected chi connectivity index (χ0v) is 16.1. The lowest BCUT2D eigenvalue weighted by Crippen LogP contribution is -2.38. The minimum atomic E-state index is -3.21. The van der Waals surface area contributed by atoms with E-state index in [2.05, 4.69) is 5.32 Å². The predicted octanol–water partition coefficient (Wildman–Crippen LogP) is 5.51. The number of alkyl carbamates (subject to hydrolysis) is 1. The van der Waals surface area contributed by atoms with Gasteiger partial charge in [0.25, 0.3) is 5.92 Å². The maximum atomic E-state index is 14.2. The molecular weight excluding hydrogens is 328 g/mol. The third kappa shape index (κ3) is 9.89. The highest BCUT2D eigenvalue weighted by Crippen LogP contribution is 2.29. The van der Waals surface area contributed by atoms with Crippen LogP contribution in [-0.4, -0.2) is 24.8 Å². The number of rotatable bonds is 7. The molecule has 0 aromatic heterocycles. The molecule has 0 fully saturated rings. The fourth-order valence-corrected chi connectivity index (χ4v) is 1.75. The van der Waals surface area contributed by atoms with Crippen molar-refractivity contribution in [1.82, 2.24) is 5.32 Å². The molecule has 1 aromatic carbocycles. The number of nitrogens with one attached hydrogen (secondary N) is 1. The molecule has 0 bridgehead atoms. The van der Waals surface area contributed by atoms with Gasteiger partial charge >= 0.3 is 6.09 Å². The summed E-state index contributed by atoms with van der Waals surface area (Å²) in [6.07, 6.45) is 0.962. The molecular formula is C19H31F2NO3. The first-order valence-corrected chi connectivity index (χ1v) is 8.72. The van der Waals surface area contributed by atoms with Crippen molar-refractivity contribution in [3.05, 3.63) is 29.8 Å². The smallest absolute Gasteiger partial charge is 0.407 e. The number of alkyl halides is 2. The average Bonchev–Trinajstić information content (AvgIpc) is 2.54. The summed E-state index contributed by atoms with van der Waals surface area (Å²) in [6, 6.07) is 5.75. The van der Waals surface area contributed by atoms with Gasteiger partial charge < -0.3 is 14.8 Å². The highest BCUT2D eigenvalue weighted by atomic mass is 19.3.